The van der Waals surface area contributed by atoms with Crippen LogP contribution in [0.15, 0.2) is 41.5 Å². The van der Waals surface area contributed by atoms with E-state index < -0.39 is 0 Å². The molecule has 0 bridgehead atoms. The van der Waals surface area contributed by atoms with Crippen molar-refractivity contribution in [3.8, 4) is 0 Å². The van der Waals surface area contributed by atoms with E-state index >= 15 is 0 Å². The molecule has 0 amide bonds. The van der Waals surface area contributed by atoms with Gasteiger partial charge in [0.1, 0.15) is 6.10 Å². The topological polar surface area (TPSA) is 38.3 Å². The zero-order valence-electron chi connectivity index (χ0n) is 16.3. The van der Waals surface area contributed by atoms with Crippen LogP contribution < -0.4 is 5.32 Å². The van der Waals surface area contributed by atoms with E-state index in [1.807, 2.05) is 6.07 Å². The zero-order chi connectivity index (χ0) is 18.3. The van der Waals surface area contributed by atoms with Crippen LogP contribution in [0.3, 0.4) is 0 Å². The molecule has 140 valence electrons. The van der Waals surface area contributed by atoms with Gasteiger partial charge in [0.05, 0.1) is 5.92 Å². The highest BCUT2D eigenvalue weighted by atomic mass is 16.6. The molecule has 3 nitrogen and oxygen atoms in total. The monoisotopic (exact) mass is 353 g/mol. The van der Waals surface area contributed by atoms with Gasteiger partial charge in [-0.15, -0.1) is 0 Å². The number of hydrogen-bond donors (Lipinski definition) is 1. The van der Waals surface area contributed by atoms with Gasteiger partial charge in [-0.05, 0) is 56.9 Å². The van der Waals surface area contributed by atoms with E-state index in [9.17, 15) is 4.79 Å². The first-order valence-electron chi connectivity index (χ1n) is 10.2. The Kier molecular flexibility index (Phi) is 4.68. The van der Waals surface area contributed by atoms with Gasteiger partial charge in [-0.2, -0.15) is 0 Å². The molecular weight excluding hydrogens is 322 g/mol. The Bertz CT molecular complexity index is 710. The van der Waals surface area contributed by atoms with Crippen LogP contribution in [0.4, 0.5) is 0 Å². The van der Waals surface area contributed by atoms with Crippen molar-refractivity contribution in [2.24, 2.45) is 17.3 Å². The van der Waals surface area contributed by atoms with Crippen LogP contribution >= 0.6 is 0 Å². The number of rotatable bonds is 4. The standard InChI is InChI=1S/C23H31NO2/c1-15-8-7-11-23(3)13-21-18(12-20(15)23)19(22(25)26-21)14-24-16(2)17-9-5-4-6-10-17/h4-6,9-10,16,18-19,21,24H,7-8,11-14H2,1-3H3. The molecule has 1 N–H and O–H groups in total. The smallest absolute Gasteiger partial charge is 0.310 e. The Morgan fingerprint density at radius 3 is 2.85 bits per heavy atom. The van der Waals surface area contributed by atoms with Gasteiger partial charge in [-0.25, -0.2) is 0 Å². The number of carbonyl (C=O) groups is 1. The molecule has 1 heterocycles. The van der Waals surface area contributed by atoms with Crippen LogP contribution in [0.2, 0.25) is 0 Å². The molecule has 3 aliphatic rings. The first-order valence-corrected chi connectivity index (χ1v) is 10.2. The highest BCUT2D eigenvalue weighted by molar-refractivity contribution is 5.76. The van der Waals surface area contributed by atoms with E-state index in [1.165, 1.54) is 24.8 Å². The summed E-state index contributed by atoms with van der Waals surface area (Å²) in [5, 5.41) is 3.58. The van der Waals surface area contributed by atoms with Crippen LogP contribution in [-0.4, -0.2) is 18.6 Å². The molecule has 26 heavy (non-hydrogen) atoms. The van der Waals surface area contributed by atoms with Crippen LogP contribution in [-0.2, 0) is 9.53 Å². The third-order valence-electron chi connectivity index (χ3n) is 7.12. The lowest BCUT2D eigenvalue weighted by Gasteiger charge is -2.45. The van der Waals surface area contributed by atoms with Gasteiger partial charge in [-0.3, -0.25) is 4.79 Å². The molecular formula is C23H31NO2. The first-order chi connectivity index (χ1) is 12.5. The van der Waals surface area contributed by atoms with Gasteiger partial charge in [0.15, 0.2) is 0 Å². The van der Waals surface area contributed by atoms with Crippen molar-refractivity contribution >= 4 is 5.97 Å². The van der Waals surface area contributed by atoms with Crippen molar-refractivity contribution in [2.45, 2.75) is 65.0 Å². The molecule has 0 aromatic heterocycles. The van der Waals surface area contributed by atoms with E-state index in [-0.39, 0.29) is 29.4 Å². The summed E-state index contributed by atoms with van der Waals surface area (Å²) in [5.74, 6) is 0.334. The molecule has 3 heteroatoms. The molecule has 0 radical (unpaired) electrons. The zero-order valence-corrected chi connectivity index (χ0v) is 16.3. The molecule has 5 atom stereocenters. The molecule has 4 rings (SSSR count). The molecule has 1 saturated carbocycles. The normalized spacial score (nSPS) is 34.9. The van der Waals surface area contributed by atoms with Crippen molar-refractivity contribution < 1.29 is 9.53 Å². The Hall–Kier alpha value is -1.61. The van der Waals surface area contributed by atoms with Crippen molar-refractivity contribution in [3.05, 3.63) is 47.0 Å². The minimum atomic E-state index is -0.0158. The summed E-state index contributed by atoms with van der Waals surface area (Å²) in [7, 11) is 0. The lowest BCUT2D eigenvalue weighted by Crippen LogP contribution is -2.41. The van der Waals surface area contributed by atoms with Crippen molar-refractivity contribution in [3.63, 3.8) is 0 Å². The fourth-order valence-electron chi connectivity index (χ4n) is 5.51. The molecule has 5 unspecified atom stereocenters. The second-order valence-corrected chi connectivity index (χ2v) is 8.87. The summed E-state index contributed by atoms with van der Waals surface area (Å²) < 4.78 is 5.86. The maximum Gasteiger partial charge on any atom is 0.310 e. The number of allylic oxidation sites excluding steroid dienone is 2. The Morgan fingerprint density at radius 1 is 1.31 bits per heavy atom. The largest absolute Gasteiger partial charge is 0.462 e. The quantitative estimate of drug-likeness (QED) is 0.624. The minimum absolute atomic E-state index is 0.00765. The van der Waals surface area contributed by atoms with Gasteiger partial charge in [0.25, 0.3) is 0 Å². The summed E-state index contributed by atoms with van der Waals surface area (Å²) in [6.07, 6.45) is 5.92. The number of esters is 1. The van der Waals surface area contributed by atoms with Crippen molar-refractivity contribution in [1.82, 2.24) is 5.32 Å². The predicted molar refractivity (Wildman–Crippen MR) is 104 cm³/mol. The predicted octanol–water partition coefficient (Wildman–Crippen LogP) is 4.80. The van der Waals surface area contributed by atoms with Crippen molar-refractivity contribution in [2.75, 3.05) is 6.54 Å². The summed E-state index contributed by atoms with van der Waals surface area (Å²) >= 11 is 0. The number of fused-ring (bicyclic) bond motifs is 2. The highest BCUT2D eigenvalue weighted by Crippen LogP contribution is 2.54. The SMILES string of the molecule is CC1=C2CC3C(CC2(C)CCC1)OC(=O)C3CNC(C)c1ccccc1. The van der Waals surface area contributed by atoms with Gasteiger partial charge in [-0.1, -0.05) is 48.4 Å². The Morgan fingerprint density at radius 2 is 2.08 bits per heavy atom. The number of nitrogens with one attached hydrogen (secondary N) is 1. The number of ether oxygens (including phenoxy) is 1. The van der Waals surface area contributed by atoms with Gasteiger partial charge in [0, 0.05) is 18.5 Å². The number of hydrogen-bond acceptors (Lipinski definition) is 3. The fourth-order valence-corrected chi connectivity index (χ4v) is 5.51. The summed E-state index contributed by atoms with van der Waals surface area (Å²) in [4.78, 5) is 12.6. The van der Waals surface area contributed by atoms with Crippen molar-refractivity contribution in [1.29, 1.82) is 0 Å². The number of benzene rings is 1. The van der Waals surface area contributed by atoms with Crippen LogP contribution in [0.5, 0.6) is 0 Å². The maximum atomic E-state index is 12.6. The van der Waals surface area contributed by atoms with Crippen LogP contribution in [0.1, 0.15) is 64.5 Å². The third-order valence-corrected chi connectivity index (χ3v) is 7.12. The summed E-state index contributed by atoms with van der Waals surface area (Å²) in [6.45, 7) is 7.56. The van der Waals surface area contributed by atoms with Crippen LogP contribution in [0.25, 0.3) is 0 Å². The Labute approximate surface area is 157 Å². The fraction of sp³-hybridized carbons (Fsp3) is 0.609. The van der Waals surface area contributed by atoms with E-state index in [0.717, 1.165) is 12.8 Å². The van der Waals surface area contributed by atoms with E-state index in [1.54, 1.807) is 11.1 Å². The van der Waals surface area contributed by atoms with E-state index in [4.69, 9.17) is 4.74 Å². The van der Waals surface area contributed by atoms with Crippen LogP contribution in [0, 0.1) is 17.3 Å². The molecule has 2 fully saturated rings. The molecule has 0 spiro atoms. The average molecular weight is 354 g/mol. The maximum absolute atomic E-state index is 12.6. The lowest BCUT2D eigenvalue weighted by molar-refractivity contribution is -0.145. The summed E-state index contributed by atoms with van der Waals surface area (Å²) in [5.41, 5.74) is 4.71. The van der Waals surface area contributed by atoms with E-state index in [2.05, 4.69) is 50.4 Å². The minimum Gasteiger partial charge on any atom is -0.462 e. The first kappa shape index (κ1) is 17.8. The second-order valence-electron chi connectivity index (χ2n) is 8.87. The third kappa shape index (κ3) is 3.11. The summed E-state index contributed by atoms with van der Waals surface area (Å²) in [6, 6.07) is 10.7. The van der Waals surface area contributed by atoms with E-state index in [0.29, 0.717) is 12.5 Å². The molecule has 2 aliphatic carbocycles. The Balaban J connectivity index is 1.47. The molecule has 1 saturated heterocycles. The lowest BCUT2D eigenvalue weighted by atomic mass is 9.59. The average Bonchev–Trinajstić information content (AvgIpc) is 2.92. The molecule has 1 aromatic rings. The highest BCUT2D eigenvalue weighted by Gasteiger charge is 2.52. The molecule has 1 aliphatic heterocycles. The van der Waals surface area contributed by atoms with Gasteiger partial charge in [0.2, 0.25) is 0 Å². The molecule has 1 aromatic carbocycles. The van der Waals surface area contributed by atoms with Gasteiger partial charge >= 0.3 is 5.97 Å². The van der Waals surface area contributed by atoms with Gasteiger partial charge < -0.3 is 10.1 Å². The number of carbonyl (C=O) groups excluding carboxylic acids is 1. The second kappa shape index (κ2) is 6.84.